The average molecular weight is 412 g/mol. The summed E-state index contributed by atoms with van der Waals surface area (Å²) in [7, 11) is 0. The first-order chi connectivity index (χ1) is 14.7. The first kappa shape index (κ1) is 24.7. The van der Waals surface area contributed by atoms with E-state index in [0.717, 1.165) is 6.54 Å². The highest BCUT2D eigenvalue weighted by Gasteiger charge is 2.20. The van der Waals surface area contributed by atoms with Gasteiger partial charge < -0.3 is 0 Å². The van der Waals surface area contributed by atoms with E-state index in [-0.39, 0.29) is 0 Å². The minimum Gasteiger partial charge on any atom is -0.230 e. The third-order valence-electron chi connectivity index (χ3n) is 6.26. The van der Waals surface area contributed by atoms with Crippen LogP contribution in [0, 0.1) is 0 Å². The molecule has 0 saturated carbocycles. The molecule has 1 aromatic carbocycles. The maximum atomic E-state index is 2.45. The maximum absolute atomic E-state index is 2.45. The van der Waals surface area contributed by atoms with E-state index >= 15 is 0 Å². The van der Waals surface area contributed by atoms with Crippen LogP contribution in [0.25, 0.3) is 11.4 Å². The van der Waals surface area contributed by atoms with Gasteiger partial charge in [-0.2, -0.15) is 0 Å². The summed E-state index contributed by atoms with van der Waals surface area (Å²) in [6.07, 6.45) is 24.4. The van der Waals surface area contributed by atoms with Crippen molar-refractivity contribution in [2.24, 2.45) is 0 Å². The standard InChI is InChI=1S/C28H47N2/c1-4-5-6-7-8-9-10-11-12-13-14-15-16-20-23-29-24-25-30(26(2)3)28(29)27-21-18-17-19-22-27/h17-19,21-22,24-26H,4-16,20,23H2,1-3H3/q+1. The Morgan fingerprint density at radius 2 is 1.20 bits per heavy atom. The van der Waals surface area contributed by atoms with Crippen LogP contribution in [0.1, 0.15) is 117 Å². The number of hydrogen-bond acceptors (Lipinski definition) is 0. The Labute approximate surface area is 186 Å². The first-order valence-electron chi connectivity index (χ1n) is 12.9. The number of benzene rings is 1. The summed E-state index contributed by atoms with van der Waals surface area (Å²) in [6.45, 7) is 7.96. The van der Waals surface area contributed by atoms with Crippen molar-refractivity contribution in [2.75, 3.05) is 0 Å². The summed E-state index contributed by atoms with van der Waals surface area (Å²) >= 11 is 0. The van der Waals surface area contributed by atoms with Crippen LogP contribution in [0.2, 0.25) is 0 Å². The first-order valence-corrected chi connectivity index (χ1v) is 12.9. The predicted molar refractivity (Wildman–Crippen MR) is 131 cm³/mol. The van der Waals surface area contributed by atoms with Gasteiger partial charge in [-0.1, -0.05) is 102 Å². The number of unbranched alkanes of at least 4 members (excludes halogenated alkanes) is 13. The summed E-state index contributed by atoms with van der Waals surface area (Å²) in [5.41, 5.74) is 1.32. The number of rotatable bonds is 17. The molecule has 30 heavy (non-hydrogen) atoms. The summed E-state index contributed by atoms with van der Waals surface area (Å²) < 4.78 is 4.86. The van der Waals surface area contributed by atoms with E-state index in [9.17, 15) is 0 Å². The number of hydrogen-bond donors (Lipinski definition) is 0. The van der Waals surface area contributed by atoms with Gasteiger partial charge in [-0.25, -0.2) is 9.13 Å². The van der Waals surface area contributed by atoms with Crippen molar-refractivity contribution in [1.29, 1.82) is 0 Å². The van der Waals surface area contributed by atoms with Gasteiger partial charge in [-0.05, 0) is 38.8 Å². The molecule has 0 saturated heterocycles. The minimum absolute atomic E-state index is 0.484. The molecule has 0 spiro atoms. The fourth-order valence-electron chi connectivity index (χ4n) is 4.42. The quantitative estimate of drug-likeness (QED) is 0.182. The monoisotopic (exact) mass is 411 g/mol. The molecule has 1 aromatic heterocycles. The third-order valence-corrected chi connectivity index (χ3v) is 6.26. The molecular weight excluding hydrogens is 364 g/mol. The average Bonchev–Trinajstić information content (AvgIpc) is 3.19. The lowest BCUT2D eigenvalue weighted by Gasteiger charge is -2.08. The van der Waals surface area contributed by atoms with E-state index in [4.69, 9.17) is 0 Å². The molecule has 168 valence electrons. The molecule has 0 fully saturated rings. The van der Waals surface area contributed by atoms with E-state index < -0.39 is 0 Å². The molecule has 0 aliphatic rings. The number of aromatic nitrogens is 2. The zero-order chi connectivity index (χ0) is 21.4. The van der Waals surface area contributed by atoms with Gasteiger partial charge in [-0.3, -0.25) is 0 Å². The largest absolute Gasteiger partial charge is 0.289 e. The van der Waals surface area contributed by atoms with E-state index in [2.05, 4.69) is 72.6 Å². The Hall–Kier alpha value is -1.57. The van der Waals surface area contributed by atoms with Crippen LogP contribution in [0.15, 0.2) is 42.7 Å². The number of nitrogens with zero attached hydrogens (tertiary/aromatic N) is 2. The van der Waals surface area contributed by atoms with Crippen molar-refractivity contribution >= 4 is 0 Å². The van der Waals surface area contributed by atoms with Gasteiger partial charge in [0.05, 0.1) is 18.2 Å². The van der Waals surface area contributed by atoms with E-state index in [1.165, 1.54) is 101 Å². The van der Waals surface area contributed by atoms with Crippen LogP contribution in [-0.2, 0) is 6.54 Å². The molecule has 2 nitrogen and oxygen atoms in total. The number of imidazole rings is 1. The van der Waals surface area contributed by atoms with Crippen LogP contribution in [0.4, 0.5) is 0 Å². The summed E-state index contributed by atoms with van der Waals surface area (Å²) in [6, 6.07) is 11.3. The van der Waals surface area contributed by atoms with E-state index in [1.807, 2.05) is 0 Å². The second-order valence-electron chi connectivity index (χ2n) is 9.28. The topological polar surface area (TPSA) is 8.81 Å². The summed E-state index contributed by atoms with van der Waals surface area (Å²) in [5, 5.41) is 0. The fourth-order valence-corrected chi connectivity index (χ4v) is 4.42. The molecule has 0 amide bonds. The second-order valence-corrected chi connectivity index (χ2v) is 9.28. The molecule has 0 N–H and O–H groups in total. The molecule has 0 radical (unpaired) electrons. The second kappa shape index (κ2) is 15.3. The van der Waals surface area contributed by atoms with Gasteiger partial charge in [0.1, 0.15) is 12.4 Å². The van der Waals surface area contributed by atoms with Crippen molar-refractivity contribution < 1.29 is 4.57 Å². The van der Waals surface area contributed by atoms with Gasteiger partial charge in [0, 0.05) is 0 Å². The Morgan fingerprint density at radius 1 is 0.700 bits per heavy atom. The molecule has 2 rings (SSSR count). The van der Waals surface area contributed by atoms with E-state index in [0.29, 0.717) is 6.04 Å². The molecule has 0 atom stereocenters. The maximum Gasteiger partial charge on any atom is 0.289 e. The SMILES string of the molecule is CCCCCCCCCCCCCCCC[n+]1ccn(C(C)C)c1-c1ccccc1. The molecule has 0 aliphatic carbocycles. The highest BCUT2D eigenvalue weighted by atomic mass is 15.2. The van der Waals surface area contributed by atoms with Crippen molar-refractivity contribution in [2.45, 2.75) is 123 Å². The fraction of sp³-hybridized carbons (Fsp3) is 0.679. The van der Waals surface area contributed by atoms with Gasteiger partial charge in [0.25, 0.3) is 5.82 Å². The summed E-state index contributed by atoms with van der Waals surface area (Å²) in [5.74, 6) is 1.35. The zero-order valence-corrected chi connectivity index (χ0v) is 20.1. The molecular formula is C28H47N2+. The highest BCUT2D eigenvalue weighted by molar-refractivity contribution is 5.52. The Morgan fingerprint density at radius 3 is 1.70 bits per heavy atom. The van der Waals surface area contributed by atoms with Crippen LogP contribution in [0.3, 0.4) is 0 Å². The lowest BCUT2D eigenvalue weighted by Crippen LogP contribution is -2.35. The van der Waals surface area contributed by atoms with Crippen LogP contribution in [-0.4, -0.2) is 4.57 Å². The van der Waals surface area contributed by atoms with Gasteiger partial charge in [0.2, 0.25) is 0 Å². The van der Waals surface area contributed by atoms with Crippen LogP contribution in [0.5, 0.6) is 0 Å². The molecule has 2 aromatic rings. The minimum atomic E-state index is 0.484. The van der Waals surface area contributed by atoms with Gasteiger partial charge in [0.15, 0.2) is 0 Å². The Kier molecular flexibility index (Phi) is 12.6. The Balaban J connectivity index is 1.57. The highest BCUT2D eigenvalue weighted by Crippen LogP contribution is 2.20. The third kappa shape index (κ3) is 9.06. The molecule has 0 bridgehead atoms. The normalized spacial score (nSPS) is 11.5. The van der Waals surface area contributed by atoms with E-state index in [1.54, 1.807) is 0 Å². The van der Waals surface area contributed by atoms with Crippen LogP contribution < -0.4 is 4.57 Å². The lowest BCUT2D eigenvalue weighted by molar-refractivity contribution is -0.686. The molecule has 1 heterocycles. The Bertz CT molecular complexity index is 657. The van der Waals surface area contributed by atoms with Gasteiger partial charge in [-0.15, -0.1) is 0 Å². The predicted octanol–water partition coefficient (Wildman–Crippen LogP) is 8.50. The summed E-state index contributed by atoms with van der Waals surface area (Å²) in [4.78, 5) is 0. The van der Waals surface area contributed by atoms with Crippen molar-refractivity contribution in [1.82, 2.24) is 4.57 Å². The molecule has 2 heteroatoms. The zero-order valence-electron chi connectivity index (χ0n) is 20.1. The van der Waals surface area contributed by atoms with Gasteiger partial charge >= 0.3 is 0 Å². The van der Waals surface area contributed by atoms with Crippen LogP contribution >= 0.6 is 0 Å². The molecule has 0 aliphatic heterocycles. The van der Waals surface area contributed by atoms with Crippen molar-refractivity contribution in [3.8, 4) is 11.4 Å². The smallest absolute Gasteiger partial charge is 0.230 e. The number of aryl methyl sites for hydroxylation is 1. The lowest BCUT2D eigenvalue weighted by atomic mass is 10.0. The van der Waals surface area contributed by atoms with Crippen molar-refractivity contribution in [3.63, 3.8) is 0 Å². The molecule has 0 unspecified atom stereocenters. The van der Waals surface area contributed by atoms with Crippen molar-refractivity contribution in [3.05, 3.63) is 42.7 Å².